The summed E-state index contributed by atoms with van der Waals surface area (Å²) in [6, 6.07) is 4.00. The summed E-state index contributed by atoms with van der Waals surface area (Å²) in [5.41, 5.74) is 4.93. The zero-order valence-electron chi connectivity index (χ0n) is 19.7. The molecule has 0 bridgehead atoms. The molecule has 1 aromatic carbocycles. The number of aryl methyl sites for hydroxylation is 1. The monoisotopic (exact) mass is 507 g/mol. The largest absolute Gasteiger partial charge is 0.493 e. The summed E-state index contributed by atoms with van der Waals surface area (Å²) in [5, 5.41) is 3.50. The van der Waals surface area contributed by atoms with Crippen LogP contribution in [0.5, 0.6) is 11.5 Å². The predicted molar refractivity (Wildman–Crippen MR) is 122 cm³/mol. The molecule has 1 unspecified atom stereocenters. The van der Waals surface area contributed by atoms with E-state index in [4.69, 9.17) is 19.9 Å². The highest BCUT2D eigenvalue weighted by atomic mass is 19.4. The van der Waals surface area contributed by atoms with Crippen LogP contribution in [0.1, 0.15) is 17.3 Å². The lowest BCUT2D eigenvalue weighted by Crippen LogP contribution is -2.46. The summed E-state index contributed by atoms with van der Waals surface area (Å²) in [6.45, 7) is 2.02. The molecule has 3 aromatic rings. The highest BCUT2D eigenvalue weighted by molar-refractivity contribution is 5.91. The second-order valence-corrected chi connectivity index (χ2v) is 8.10. The number of carbonyl (C=O) groups excluding carboxylic acids is 1. The minimum atomic E-state index is -4.66. The van der Waals surface area contributed by atoms with Gasteiger partial charge in [0.1, 0.15) is 48.3 Å². The number of alkyl halides is 3. The van der Waals surface area contributed by atoms with Crippen molar-refractivity contribution >= 4 is 28.4 Å². The van der Waals surface area contributed by atoms with Gasteiger partial charge in [-0.25, -0.2) is 19.9 Å². The van der Waals surface area contributed by atoms with Crippen molar-refractivity contribution in [2.24, 2.45) is 0 Å². The first-order valence-corrected chi connectivity index (χ1v) is 10.8. The fourth-order valence-corrected chi connectivity index (χ4v) is 3.61. The SMILES string of the molecule is COc1cc2nc(C)nc(NCc3nc(N)cc(C(F)(F)F)n3)c2cc1OCC1CN(C)C(=O)CO1. The lowest BCUT2D eigenvalue weighted by Gasteiger charge is -2.29. The van der Waals surface area contributed by atoms with Crippen LogP contribution in [-0.4, -0.2) is 70.8 Å². The molecule has 0 saturated carbocycles. The van der Waals surface area contributed by atoms with Gasteiger partial charge in [-0.15, -0.1) is 0 Å². The second-order valence-electron chi connectivity index (χ2n) is 8.10. The van der Waals surface area contributed by atoms with Gasteiger partial charge in [0.2, 0.25) is 5.91 Å². The number of aromatic nitrogens is 4. The number of anilines is 2. The van der Waals surface area contributed by atoms with Crippen molar-refractivity contribution in [2.45, 2.75) is 25.7 Å². The average Bonchev–Trinajstić information content (AvgIpc) is 2.81. The number of likely N-dealkylation sites (N-methyl/N-ethyl adjacent to an activating group) is 1. The molecule has 0 radical (unpaired) electrons. The molecule has 1 amide bonds. The zero-order chi connectivity index (χ0) is 26.0. The van der Waals surface area contributed by atoms with Crippen LogP contribution in [0.15, 0.2) is 18.2 Å². The molecule has 4 rings (SSSR count). The van der Waals surface area contributed by atoms with Crippen LogP contribution < -0.4 is 20.5 Å². The van der Waals surface area contributed by atoms with Crippen LogP contribution in [0.4, 0.5) is 24.8 Å². The van der Waals surface area contributed by atoms with Gasteiger partial charge in [0.25, 0.3) is 0 Å². The summed E-state index contributed by atoms with van der Waals surface area (Å²) in [6.07, 6.45) is -4.99. The number of benzene rings is 1. The number of rotatable bonds is 7. The number of carbonyl (C=O) groups is 1. The van der Waals surface area contributed by atoms with E-state index >= 15 is 0 Å². The molecule has 3 N–H and O–H groups in total. The van der Waals surface area contributed by atoms with Crippen LogP contribution >= 0.6 is 0 Å². The fourth-order valence-electron chi connectivity index (χ4n) is 3.61. The first-order chi connectivity index (χ1) is 17.0. The van der Waals surface area contributed by atoms with Crippen LogP contribution in [0.3, 0.4) is 0 Å². The Hall–Kier alpha value is -3.94. The molecule has 192 valence electrons. The quantitative estimate of drug-likeness (QED) is 0.489. The Morgan fingerprint density at radius 2 is 1.97 bits per heavy atom. The number of methoxy groups -OCH3 is 1. The number of nitrogens with zero attached hydrogens (tertiary/aromatic N) is 5. The number of nitrogens with one attached hydrogen (secondary N) is 1. The molecule has 1 fully saturated rings. The molecule has 2 aromatic heterocycles. The van der Waals surface area contributed by atoms with E-state index in [0.29, 0.717) is 46.7 Å². The van der Waals surface area contributed by atoms with E-state index in [-0.39, 0.29) is 43.4 Å². The Morgan fingerprint density at radius 1 is 1.19 bits per heavy atom. The first-order valence-electron chi connectivity index (χ1n) is 10.8. The number of fused-ring (bicyclic) bond motifs is 1. The lowest BCUT2D eigenvalue weighted by atomic mass is 10.2. The molecule has 1 saturated heterocycles. The third-order valence-corrected chi connectivity index (χ3v) is 5.36. The maximum Gasteiger partial charge on any atom is 0.433 e. The topological polar surface area (TPSA) is 138 Å². The van der Waals surface area contributed by atoms with E-state index in [1.807, 2.05) is 0 Å². The summed E-state index contributed by atoms with van der Waals surface area (Å²) in [5.74, 6) is 1.01. The number of hydrogen-bond acceptors (Lipinski definition) is 10. The molecule has 11 nitrogen and oxygen atoms in total. The highest BCUT2D eigenvalue weighted by Gasteiger charge is 2.33. The fraction of sp³-hybridized carbons (Fsp3) is 0.409. The summed E-state index contributed by atoms with van der Waals surface area (Å²) >= 11 is 0. The van der Waals surface area contributed by atoms with Crippen molar-refractivity contribution in [3.63, 3.8) is 0 Å². The Kier molecular flexibility index (Phi) is 6.97. The number of morpholine rings is 1. The number of nitrogen functional groups attached to an aromatic ring is 1. The van der Waals surface area contributed by atoms with Gasteiger partial charge in [-0.3, -0.25) is 4.79 Å². The Labute approximate surface area is 203 Å². The number of halogens is 3. The standard InChI is InChI=1S/C22H24F3N7O4/c1-11-28-14-5-15(34-3)16(36-9-12-8-32(2)20(33)10-35-12)4-13(14)21(29-11)27-7-19-30-17(22(23,24)25)6-18(26)31-19/h4-6,12H,7-10H2,1-3H3,(H2,26,30,31)(H,27,28,29). The molecule has 36 heavy (non-hydrogen) atoms. The van der Waals surface area contributed by atoms with Crippen molar-refractivity contribution in [1.29, 1.82) is 0 Å². The van der Waals surface area contributed by atoms with Gasteiger partial charge in [-0.1, -0.05) is 0 Å². The summed E-state index contributed by atoms with van der Waals surface area (Å²) in [7, 11) is 3.17. The van der Waals surface area contributed by atoms with E-state index in [1.165, 1.54) is 7.11 Å². The first kappa shape index (κ1) is 25.2. The van der Waals surface area contributed by atoms with Crippen LogP contribution in [0.25, 0.3) is 10.9 Å². The molecular weight excluding hydrogens is 483 g/mol. The van der Waals surface area contributed by atoms with Crippen LogP contribution in [-0.2, 0) is 22.3 Å². The molecule has 3 heterocycles. The van der Waals surface area contributed by atoms with Gasteiger partial charge in [0.05, 0.1) is 19.2 Å². The van der Waals surface area contributed by atoms with Crippen molar-refractivity contribution in [3.8, 4) is 11.5 Å². The Morgan fingerprint density at radius 3 is 2.67 bits per heavy atom. The van der Waals surface area contributed by atoms with E-state index in [1.54, 1.807) is 31.0 Å². The van der Waals surface area contributed by atoms with E-state index in [9.17, 15) is 18.0 Å². The molecule has 14 heteroatoms. The summed E-state index contributed by atoms with van der Waals surface area (Å²) in [4.78, 5) is 29.4. The van der Waals surface area contributed by atoms with Crippen LogP contribution in [0.2, 0.25) is 0 Å². The van der Waals surface area contributed by atoms with Gasteiger partial charge in [-0.2, -0.15) is 13.2 Å². The molecule has 1 aliphatic rings. The van der Waals surface area contributed by atoms with Crippen LogP contribution in [0, 0.1) is 6.92 Å². The summed E-state index contributed by atoms with van der Waals surface area (Å²) < 4.78 is 56.2. The van der Waals surface area contributed by atoms with Gasteiger partial charge >= 0.3 is 6.18 Å². The van der Waals surface area contributed by atoms with Crippen molar-refractivity contribution in [3.05, 3.63) is 35.5 Å². The number of amides is 1. The third kappa shape index (κ3) is 5.64. The highest BCUT2D eigenvalue weighted by Crippen LogP contribution is 2.35. The lowest BCUT2D eigenvalue weighted by molar-refractivity contribution is -0.148. The second kappa shape index (κ2) is 9.97. The molecular formula is C22H24F3N7O4. The van der Waals surface area contributed by atoms with Gasteiger partial charge in [0.15, 0.2) is 11.5 Å². The predicted octanol–water partition coefficient (Wildman–Crippen LogP) is 2.19. The minimum Gasteiger partial charge on any atom is -0.493 e. The average molecular weight is 507 g/mol. The van der Waals surface area contributed by atoms with Gasteiger partial charge in [-0.05, 0) is 13.0 Å². The minimum absolute atomic E-state index is 0.0251. The molecule has 0 spiro atoms. The maximum absolute atomic E-state index is 13.1. The van der Waals surface area contributed by atoms with E-state index < -0.39 is 11.9 Å². The maximum atomic E-state index is 13.1. The van der Waals surface area contributed by atoms with Crippen molar-refractivity contribution in [1.82, 2.24) is 24.8 Å². The van der Waals surface area contributed by atoms with E-state index in [2.05, 4.69) is 25.3 Å². The van der Waals surface area contributed by atoms with E-state index in [0.717, 1.165) is 0 Å². The number of nitrogens with two attached hydrogens (primary N) is 1. The Bertz CT molecular complexity index is 1290. The van der Waals surface area contributed by atoms with Crippen molar-refractivity contribution in [2.75, 3.05) is 45.0 Å². The normalized spacial score (nSPS) is 16.3. The van der Waals surface area contributed by atoms with Gasteiger partial charge < -0.3 is 30.2 Å². The molecule has 1 atom stereocenters. The number of ether oxygens (including phenoxy) is 3. The molecule has 1 aliphatic heterocycles. The van der Waals surface area contributed by atoms with Gasteiger partial charge in [0, 0.05) is 31.1 Å². The Balaban J connectivity index is 1.59. The van der Waals surface area contributed by atoms with Crippen molar-refractivity contribution < 1.29 is 32.2 Å². The zero-order valence-corrected chi connectivity index (χ0v) is 19.7. The smallest absolute Gasteiger partial charge is 0.433 e. The molecule has 0 aliphatic carbocycles. The number of hydrogen-bond donors (Lipinski definition) is 2. The third-order valence-electron chi connectivity index (χ3n) is 5.36.